The molecule has 2 rings (SSSR count). The minimum atomic E-state index is -0.357. The van der Waals surface area contributed by atoms with Crippen molar-refractivity contribution in [2.75, 3.05) is 17.7 Å². The summed E-state index contributed by atoms with van der Waals surface area (Å²) in [4.78, 5) is 16.1. The summed E-state index contributed by atoms with van der Waals surface area (Å²) >= 11 is 0. The third kappa shape index (κ3) is 4.40. The molecule has 0 saturated heterocycles. The van der Waals surface area contributed by atoms with Crippen LogP contribution in [0.3, 0.4) is 0 Å². The average molecular weight is 318 g/mol. The zero-order valence-corrected chi connectivity index (χ0v) is 12.7. The molecule has 1 amide bonds. The van der Waals surface area contributed by atoms with Gasteiger partial charge in [-0.1, -0.05) is 0 Å². The maximum absolute atomic E-state index is 11.9. The summed E-state index contributed by atoms with van der Waals surface area (Å²) in [5.74, 6) is 0.630. The molecule has 110 valence electrons. The number of nitrogens with zero attached hydrogens (tertiary/aromatic N) is 3. The molecule has 0 fully saturated rings. The van der Waals surface area contributed by atoms with E-state index in [1.165, 1.54) is 0 Å². The monoisotopic (exact) mass is 317 g/mol. The van der Waals surface area contributed by atoms with Gasteiger partial charge in [0.1, 0.15) is 11.9 Å². The molecule has 0 bridgehead atoms. The van der Waals surface area contributed by atoms with Crippen molar-refractivity contribution in [3.63, 3.8) is 0 Å². The Labute approximate surface area is 129 Å². The van der Waals surface area contributed by atoms with E-state index < -0.39 is 0 Å². The van der Waals surface area contributed by atoms with Gasteiger partial charge in [0.25, 0.3) is 0 Å². The third-order valence-corrected chi connectivity index (χ3v) is 2.59. The van der Waals surface area contributed by atoms with Crippen molar-refractivity contribution in [1.82, 2.24) is 14.8 Å². The summed E-state index contributed by atoms with van der Waals surface area (Å²) in [6.07, 6.45) is 5.01. The lowest BCUT2D eigenvalue weighted by Gasteiger charge is -2.12. The molecule has 2 N–H and O–H groups in total. The lowest BCUT2D eigenvalue weighted by molar-refractivity contribution is -0.119. The molecule has 6 nitrogen and oxygen atoms in total. The molecule has 0 aliphatic carbocycles. The normalized spacial score (nSPS) is 10.7. The van der Waals surface area contributed by atoms with E-state index in [0.29, 0.717) is 5.69 Å². The van der Waals surface area contributed by atoms with Crippen LogP contribution in [-0.4, -0.2) is 27.7 Å². The van der Waals surface area contributed by atoms with Crippen molar-refractivity contribution in [1.29, 1.82) is 0 Å². The van der Waals surface area contributed by atoms with Crippen molar-refractivity contribution in [3.05, 3.63) is 36.8 Å². The van der Waals surface area contributed by atoms with Gasteiger partial charge in [-0.15, -0.1) is 24.8 Å². The van der Waals surface area contributed by atoms with Crippen LogP contribution in [0.4, 0.5) is 11.5 Å². The molecule has 0 aliphatic rings. The Bertz CT molecular complexity index is 515. The van der Waals surface area contributed by atoms with Crippen LogP contribution < -0.4 is 10.6 Å². The van der Waals surface area contributed by atoms with Gasteiger partial charge in [0.15, 0.2) is 0 Å². The van der Waals surface area contributed by atoms with Crippen LogP contribution in [0, 0.1) is 0 Å². The summed E-state index contributed by atoms with van der Waals surface area (Å²) in [6, 6.07) is 5.03. The maximum Gasteiger partial charge on any atom is 0.248 e. The van der Waals surface area contributed by atoms with E-state index in [1.807, 2.05) is 0 Å². The highest BCUT2D eigenvalue weighted by atomic mass is 35.5. The molecule has 1 unspecified atom stereocenters. The Morgan fingerprint density at radius 1 is 1.35 bits per heavy atom. The van der Waals surface area contributed by atoms with Crippen LogP contribution in [-0.2, 0) is 4.79 Å². The van der Waals surface area contributed by atoms with Gasteiger partial charge in [0.05, 0.1) is 11.9 Å². The molecule has 0 radical (unpaired) electrons. The van der Waals surface area contributed by atoms with Crippen LogP contribution in [0.1, 0.15) is 13.0 Å². The van der Waals surface area contributed by atoms with E-state index in [4.69, 9.17) is 0 Å². The minimum Gasteiger partial charge on any atom is -0.373 e. The van der Waals surface area contributed by atoms with Gasteiger partial charge in [-0.2, -0.15) is 5.10 Å². The van der Waals surface area contributed by atoms with Gasteiger partial charge in [-0.05, 0) is 25.1 Å². The number of anilines is 2. The lowest BCUT2D eigenvalue weighted by atomic mass is 10.3. The molecule has 20 heavy (non-hydrogen) atoms. The summed E-state index contributed by atoms with van der Waals surface area (Å²) in [5, 5.41) is 9.74. The summed E-state index contributed by atoms with van der Waals surface area (Å²) in [5.41, 5.74) is 0.665. The van der Waals surface area contributed by atoms with Gasteiger partial charge in [0.2, 0.25) is 5.91 Å². The van der Waals surface area contributed by atoms with Gasteiger partial charge in [-0.3, -0.25) is 9.48 Å². The fourth-order valence-corrected chi connectivity index (χ4v) is 1.49. The van der Waals surface area contributed by atoms with Crippen LogP contribution >= 0.6 is 24.8 Å². The molecule has 1 atom stereocenters. The molecular formula is C12H17Cl2N5O. The summed E-state index contributed by atoms with van der Waals surface area (Å²) in [7, 11) is 1.79. The highest BCUT2D eigenvalue weighted by Gasteiger charge is 2.14. The second-order valence-electron chi connectivity index (χ2n) is 3.83. The van der Waals surface area contributed by atoms with Crippen molar-refractivity contribution in [2.24, 2.45) is 0 Å². The Hall–Kier alpha value is -1.79. The Morgan fingerprint density at radius 2 is 2.10 bits per heavy atom. The number of rotatable bonds is 4. The van der Waals surface area contributed by atoms with Crippen molar-refractivity contribution < 1.29 is 4.79 Å². The highest BCUT2D eigenvalue weighted by molar-refractivity contribution is 5.93. The Morgan fingerprint density at radius 3 is 2.60 bits per heavy atom. The van der Waals surface area contributed by atoms with Crippen LogP contribution in [0.15, 0.2) is 36.8 Å². The van der Waals surface area contributed by atoms with Gasteiger partial charge in [0, 0.05) is 19.4 Å². The smallest absolute Gasteiger partial charge is 0.248 e. The van der Waals surface area contributed by atoms with E-state index in [9.17, 15) is 4.79 Å². The van der Waals surface area contributed by atoms with E-state index >= 15 is 0 Å². The Kier molecular flexibility index (Phi) is 7.64. The highest BCUT2D eigenvalue weighted by Crippen LogP contribution is 2.12. The number of amides is 1. The van der Waals surface area contributed by atoms with E-state index in [1.54, 1.807) is 55.4 Å². The molecule has 0 aromatic carbocycles. The predicted octanol–water partition coefficient (Wildman–Crippen LogP) is 2.36. The minimum absolute atomic E-state index is 0. The number of nitrogens with one attached hydrogen (secondary N) is 2. The zero-order chi connectivity index (χ0) is 13.0. The summed E-state index contributed by atoms with van der Waals surface area (Å²) in [6.45, 7) is 1.79. The third-order valence-electron chi connectivity index (χ3n) is 2.59. The van der Waals surface area contributed by atoms with Crippen LogP contribution in [0.5, 0.6) is 0 Å². The van der Waals surface area contributed by atoms with Gasteiger partial charge < -0.3 is 10.6 Å². The quantitative estimate of drug-likeness (QED) is 0.908. The second kappa shape index (κ2) is 8.39. The molecule has 2 aromatic rings. The zero-order valence-electron chi connectivity index (χ0n) is 11.1. The van der Waals surface area contributed by atoms with Crippen molar-refractivity contribution in [3.8, 4) is 0 Å². The number of hydrogen-bond acceptors (Lipinski definition) is 4. The predicted molar refractivity (Wildman–Crippen MR) is 83.8 cm³/mol. The van der Waals surface area contributed by atoms with E-state index in [-0.39, 0.29) is 36.8 Å². The van der Waals surface area contributed by atoms with E-state index in [0.717, 1.165) is 5.82 Å². The average Bonchev–Trinajstić information content (AvgIpc) is 2.92. The number of carbonyl (C=O) groups excluding carboxylic acids is 1. The number of halogens is 2. The molecule has 2 heterocycles. The van der Waals surface area contributed by atoms with Gasteiger partial charge >= 0.3 is 0 Å². The SMILES string of the molecule is CNc1ccc(NC(=O)C(C)n2cccn2)cn1.Cl.Cl. The molecule has 2 aromatic heterocycles. The van der Waals surface area contributed by atoms with E-state index in [2.05, 4.69) is 20.7 Å². The molecule has 0 aliphatic heterocycles. The fraction of sp³-hybridized carbons (Fsp3) is 0.250. The first-order valence-corrected chi connectivity index (χ1v) is 5.64. The Balaban J connectivity index is 0.00000180. The largest absolute Gasteiger partial charge is 0.373 e. The number of aromatic nitrogens is 3. The fourth-order valence-electron chi connectivity index (χ4n) is 1.49. The standard InChI is InChI=1S/C12H15N5O.2ClH/c1-9(17-7-3-6-15-17)12(18)16-10-4-5-11(13-2)14-8-10;;/h3-9H,1-2H3,(H,13,14)(H,16,18);2*1H. The molecule has 0 spiro atoms. The molecular weight excluding hydrogens is 301 g/mol. The summed E-state index contributed by atoms with van der Waals surface area (Å²) < 4.78 is 1.60. The van der Waals surface area contributed by atoms with Gasteiger partial charge in [-0.25, -0.2) is 4.98 Å². The number of hydrogen-bond donors (Lipinski definition) is 2. The topological polar surface area (TPSA) is 71.8 Å². The second-order valence-corrected chi connectivity index (χ2v) is 3.83. The number of carbonyl (C=O) groups is 1. The van der Waals surface area contributed by atoms with Crippen molar-refractivity contribution >= 4 is 42.2 Å². The first-order valence-electron chi connectivity index (χ1n) is 5.64. The number of pyridine rings is 1. The van der Waals surface area contributed by atoms with Crippen molar-refractivity contribution in [2.45, 2.75) is 13.0 Å². The van der Waals surface area contributed by atoms with Crippen LogP contribution in [0.25, 0.3) is 0 Å². The lowest BCUT2D eigenvalue weighted by Crippen LogP contribution is -2.24. The first-order chi connectivity index (χ1) is 8.70. The van der Waals surface area contributed by atoms with Crippen LogP contribution in [0.2, 0.25) is 0 Å². The maximum atomic E-state index is 11.9. The molecule has 8 heteroatoms. The molecule has 0 saturated carbocycles. The first kappa shape index (κ1) is 18.2.